The number of ether oxygens (including phenoxy) is 4. The molecule has 1 aromatic rings. The number of hydrogen-bond donors (Lipinski definition) is 0. The predicted octanol–water partition coefficient (Wildman–Crippen LogP) is 3.40. The van der Waals surface area contributed by atoms with Crippen molar-refractivity contribution in [2.75, 3.05) is 14.2 Å². The van der Waals surface area contributed by atoms with E-state index in [1.165, 1.54) is 14.2 Å². The fourth-order valence-electron chi connectivity index (χ4n) is 4.75. The number of carbonyl (C=O) groups is 2. The van der Waals surface area contributed by atoms with E-state index in [0.29, 0.717) is 29.1 Å². The molecule has 2 aliphatic heterocycles. The van der Waals surface area contributed by atoms with Gasteiger partial charge in [0.15, 0.2) is 0 Å². The highest BCUT2D eigenvalue weighted by molar-refractivity contribution is 5.93. The van der Waals surface area contributed by atoms with Crippen LogP contribution in [0.2, 0.25) is 0 Å². The van der Waals surface area contributed by atoms with Crippen molar-refractivity contribution >= 4 is 17.5 Å². The van der Waals surface area contributed by atoms with Gasteiger partial charge in [-0.25, -0.2) is 9.59 Å². The average Bonchev–Trinajstić information content (AvgIpc) is 3.00. The van der Waals surface area contributed by atoms with Crippen molar-refractivity contribution in [3.8, 4) is 0 Å². The van der Waals surface area contributed by atoms with Crippen LogP contribution in [0.4, 0.5) is 0 Å². The van der Waals surface area contributed by atoms with Gasteiger partial charge in [-0.1, -0.05) is 30.3 Å². The number of carbonyl (C=O) groups excluding carboxylic acids is 2. The predicted molar refractivity (Wildman–Crippen MR) is 105 cm³/mol. The van der Waals surface area contributed by atoms with Crippen LogP contribution in [0.15, 0.2) is 59.1 Å². The number of esters is 2. The van der Waals surface area contributed by atoms with Crippen molar-refractivity contribution in [2.45, 2.75) is 32.5 Å². The summed E-state index contributed by atoms with van der Waals surface area (Å²) in [5.41, 5.74) is 2.95. The highest BCUT2D eigenvalue weighted by atomic mass is 16.5. The average molecular weight is 396 g/mol. The SMILES string of the molecule is COC(=O)C1=C(C)OC2C=C(c3ccccc3)[C@@H]3C[C@@H](C(C(=O)OC)=C(C)O3)C12. The van der Waals surface area contributed by atoms with Gasteiger partial charge in [-0.15, -0.1) is 0 Å². The lowest BCUT2D eigenvalue weighted by molar-refractivity contribution is -0.139. The third-order valence-corrected chi connectivity index (χ3v) is 5.96. The summed E-state index contributed by atoms with van der Waals surface area (Å²) in [6.07, 6.45) is 1.92. The zero-order chi connectivity index (χ0) is 20.7. The third-order valence-electron chi connectivity index (χ3n) is 5.96. The maximum Gasteiger partial charge on any atom is 0.337 e. The molecule has 4 atom stereocenters. The molecule has 2 unspecified atom stereocenters. The summed E-state index contributed by atoms with van der Waals surface area (Å²) in [4.78, 5) is 25.2. The molecular weight excluding hydrogens is 372 g/mol. The minimum Gasteiger partial charge on any atom is -0.490 e. The second-order valence-corrected chi connectivity index (χ2v) is 7.47. The molecule has 1 aromatic carbocycles. The van der Waals surface area contributed by atoms with Gasteiger partial charge >= 0.3 is 11.9 Å². The van der Waals surface area contributed by atoms with Crippen molar-refractivity contribution in [3.63, 3.8) is 0 Å². The summed E-state index contributed by atoms with van der Waals surface area (Å²) in [5, 5.41) is 0. The van der Waals surface area contributed by atoms with E-state index in [0.717, 1.165) is 11.1 Å². The molecule has 152 valence electrons. The molecule has 29 heavy (non-hydrogen) atoms. The minimum absolute atomic E-state index is 0.246. The summed E-state index contributed by atoms with van der Waals surface area (Å²) in [6.45, 7) is 3.54. The van der Waals surface area contributed by atoms with Crippen molar-refractivity contribution in [3.05, 3.63) is 64.6 Å². The Bertz CT molecular complexity index is 939. The Hall–Kier alpha value is -3.02. The Morgan fingerprint density at radius 1 is 0.931 bits per heavy atom. The second kappa shape index (κ2) is 7.43. The number of hydrogen-bond acceptors (Lipinski definition) is 6. The number of methoxy groups -OCH3 is 2. The van der Waals surface area contributed by atoms with Gasteiger partial charge < -0.3 is 18.9 Å². The summed E-state index contributed by atoms with van der Waals surface area (Å²) < 4.78 is 22.4. The van der Waals surface area contributed by atoms with E-state index >= 15 is 0 Å². The number of rotatable bonds is 3. The van der Waals surface area contributed by atoms with Gasteiger partial charge in [-0.3, -0.25) is 0 Å². The van der Waals surface area contributed by atoms with Crippen LogP contribution < -0.4 is 0 Å². The molecular formula is C23H24O6. The van der Waals surface area contributed by atoms with Gasteiger partial charge in [-0.05, 0) is 37.5 Å². The fraction of sp³-hybridized carbons (Fsp3) is 0.391. The van der Waals surface area contributed by atoms with E-state index in [1.807, 2.05) is 36.4 Å². The van der Waals surface area contributed by atoms with Crippen LogP contribution in [0.3, 0.4) is 0 Å². The first-order chi connectivity index (χ1) is 14.0. The Labute approximate surface area is 169 Å². The third kappa shape index (κ3) is 3.12. The lowest BCUT2D eigenvalue weighted by Gasteiger charge is -2.34. The zero-order valence-corrected chi connectivity index (χ0v) is 16.9. The van der Waals surface area contributed by atoms with Crippen molar-refractivity contribution < 1.29 is 28.5 Å². The summed E-state index contributed by atoms with van der Waals surface area (Å²) in [6, 6.07) is 9.95. The molecule has 3 aliphatic rings. The van der Waals surface area contributed by atoms with Gasteiger partial charge in [0.2, 0.25) is 0 Å². The molecule has 6 heteroatoms. The summed E-state index contributed by atoms with van der Waals surface area (Å²) in [7, 11) is 2.71. The highest BCUT2D eigenvalue weighted by Crippen LogP contribution is 2.50. The van der Waals surface area contributed by atoms with Gasteiger partial charge in [-0.2, -0.15) is 0 Å². The Morgan fingerprint density at radius 3 is 2.21 bits per heavy atom. The van der Waals surface area contributed by atoms with Crippen LogP contribution >= 0.6 is 0 Å². The molecule has 6 nitrogen and oxygen atoms in total. The van der Waals surface area contributed by atoms with E-state index in [-0.39, 0.29) is 17.9 Å². The molecule has 1 aliphatic carbocycles. The first-order valence-corrected chi connectivity index (χ1v) is 9.64. The zero-order valence-electron chi connectivity index (χ0n) is 16.9. The van der Waals surface area contributed by atoms with E-state index in [2.05, 4.69) is 0 Å². The Balaban J connectivity index is 1.89. The van der Waals surface area contributed by atoms with Crippen molar-refractivity contribution in [1.82, 2.24) is 0 Å². The van der Waals surface area contributed by atoms with Crippen LogP contribution in [-0.2, 0) is 28.5 Å². The molecule has 0 N–H and O–H groups in total. The monoisotopic (exact) mass is 396 g/mol. The molecule has 0 amide bonds. The molecule has 0 fully saturated rings. The lowest BCUT2D eigenvalue weighted by Crippen LogP contribution is -2.36. The standard InChI is InChI=1S/C23H24O6/c1-12-19(22(24)26-3)16-11-17(28-12)15(14-8-6-5-7-9-14)10-18-21(16)20(13(2)29-18)23(25)27-4/h5-10,16-18,21H,11H2,1-4H3/t16-,17-,18?,21?/m0/s1. The van der Waals surface area contributed by atoms with Gasteiger partial charge in [0.05, 0.1) is 25.4 Å². The van der Waals surface area contributed by atoms with Crippen LogP contribution in [0.25, 0.3) is 5.57 Å². The first kappa shape index (κ1) is 19.3. The topological polar surface area (TPSA) is 71.1 Å². The molecule has 2 heterocycles. The molecule has 0 saturated carbocycles. The minimum atomic E-state index is -0.443. The molecule has 0 spiro atoms. The van der Waals surface area contributed by atoms with Crippen LogP contribution in [0, 0.1) is 11.8 Å². The maximum atomic E-state index is 12.6. The van der Waals surface area contributed by atoms with E-state index in [1.54, 1.807) is 13.8 Å². The first-order valence-electron chi connectivity index (χ1n) is 9.64. The summed E-state index contributed by atoms with van der Waals surface area (Å²) in [5.74, 6) is -0.455. The number of allylic oxidation sites excluding steroid dienone is 2. The van der Waals surface area contributed by atoms with E-state index < -0.39 is 18.0 Å². The Kier molecular flexibility index (Phi) is 4.94. The largest absolute Gasteiger partial charge is 0.490 e. The smallest absolute Gasteiger partial charge is 0.337 e. The fourth-order valence-corrected chi connectivity index (χ4v) is 4.75. The highest BCUT2D eigenvalue weighted by Gasteiger charge is 2.51. The van der Waals surface area contributed by atoms with Crippen molar-refractivity contribution in [1.29, 1.82) is 0 Å². The molecule has 0 radical (unpaired) electrons. The number of fused-ring (bicyclic) bond motifs is 4. The normalized spacial score (nSPS) is 27.9. The van der Waals surface area contributed by atoms with E-state index in [9.17, 15) is 9.59 Å². The van der Waals surface area contributed by atoms with Crippen LogP contribution in [0.1, 0.15) is 25.8 Å². The summed E-state index contributed by atoms with van der Waals surface area (Å²) >= 11 is 0. The van der Waals surface area contributed by atoms with Crippen LogP contribution in [0.5, 0.6) is 0 Å². The number of benzene rings is 1. The lowest BCUT2D eigenvalue weighted by atomic mass is 9.75. The van der Waals surface area contributed by atoms with Gasteiger partial charge in [0, 0.05) is 11.8 Å². The van der Waals surface area contributed by atoms with Gasteiger partial charge in [0.25, 0.3) is 0 Å². The maximum absolute atomic E-state index is 12.6. The molecule has 0 saturated heterocycles. The molecule has 4 rings (SSSR count). The molecule has 0 aromatic heterocycles. The molecule has 2 bridgehead atoms. The second-order valence-electron chi connectivity index (χ2n) is 7.47. The van der Waals surface area contributed by atoms with Crippen molar-refractivity contribution in [2.24, 2.45) is 11.8 Å². The quantitative estimate of drug-likeness (QED) is 0.730. The van der Waals surface area contributed by atoms with Gasteiger partial charge in [0.1, 0.15) is 23.7 Å². The van der Waals surface area contributed by atoms with Crippen LogP contribution in [-0.4, -0.2) is 38.4 Å². The van der Waals surface area contributed by atoms with E-state index in [4.69, 9.17) is 18.9 Å². The Morgan fingerprint density at radius 2 is 1.55 bits per heavy atom.